The molecule has 36 heavy (non-hydrogen) atoms. The van der Waals surface area contributed by atoms with Crippen LogP contribution in [0.5, 0.6) is 11.5 Å². The molecule has 0 radical (unpaired) electrons. The lowest BCUT2D eigenvalue weighted by atomic mass is 10.1. The minimum Gasteiger partial charge on any atom is -0.493 e. The number of nitrogens with zero attached hydrogens (tertiary/aromatic N) is 3. The van der Waals surface area contributed by atoms with Crippen molar-refractivity contribution in [1.29, 1.82) is 0 Å². The number of aromatic nitrogens is 3. The van der Waals surface area contributed by atoms with Gasteiger partial charge in [-0.15, -0.1) is 0 Å². The lowest BCUT2D eigenvalue weighted by molar-refractivity contribution is -0.137. The molecule has 0 saturated heterocycles. The number of pyridine rings is 1. The summed E-state index contributed by atoms with van der Waals surface area (Å²) in [6.45, 7) is 3.24. The Bertz CT molecular complexity index is 1270. The molecule has 194 valence electrons. The number of nitrogen functional groups attached to an aromatic ring is 1. The number of hydrogen-bond donors (Lipinski definition) is 2. The zero-order valence-corrected chi connectivity index (χ0v) is 19.6. The predicted molar refractivity (Wildman–Crippen MR) is 121 cm³/mol. The molecule has 2 heterocycles. The number of ether oxygens (including phenoxy) is 3. The van der Waals surface area contributed by atoms with Crippen LogP contribution in [0.4, 0.5) is 33.6 Å². The van der Waals surface area contributed by atoms with Gasteiger partial charge in [0, 0.05) is 17.9 Å². The Balaban J connectivity index is 1.59. The number of fused-ring (bicyclic) bond motifs is 1. The molecule has 4 rings (SSSR count). The highest BCUT2D eigenvalue weighted by Gasteiger charge is 2.58. The Morgan fingerprint density at radius 1 is 1.11 bits per heavy atom. The summed E-state index contributed by atoms with van der Waals surface area (Å²) in [5.74, 6) is -1.67. The number of halogens is 5. The van der Waals surface area contributed by atoms with E-state index in [1.54, 1.807) is 26.0 Å². The van der Waals surface area contributed by atoms with E-state index in [1.807, 2.05) is 0 Å². The van der Waals surface area contributed by atoms with Gasteiger partial charge >= 0.3 is 6.18 Å². The molecular formula is C23H24F5N5O3. The molecule has 3 N–H and O–H groups in total. The van der Waals surface area contributed by atoms with Crippen LogP contribution in [0.1, 0.15) is 36.5 Å². The Hall–Kier alpha value is -3.48. The van der Waals surface area contributed by atoms with Gasteiger partial charge in [0.25, 0.3) is 5.92 Å². The quantitative estimate of drug-likeness (QED) is 0.307. The SMILES string of the molecule is COc1cc2nc(C)nc(N[C@H](C)c3cc(C(F)(F)F)cc(N)n3)c2cc1OCCOC1CC1(F)F. The normalized spacial score (nSPS) is 17.6. The molecule has 1 fully saturated rings. The van der Waals surface area contributed by atoms with Crippen molar-refractivity contribution in [2.24, 2.45) is 0 Å². The van der Waals surface area contributed by atoms with Crippen LogP contribution >= 0.6 is 0 Å². The average Bonchev–Trinajstić information content (AvgIpc) is 3.41. The zero-order chi connectivity index (χ0) is 26.3. The molecule has 2 atom stereocenters. The molecule has 13 heteroatoms. The molecule has 3 aromatic rings. The summed E-state index contributed by atoms with van der Waals surface area (Å²) in [7, 11) is 1.44. The Kier molecular flexibility index (Phi) is 6.78. The summed E-state index contributed by atoms with van der Waals surface area (Å²) < 4.78 is 81.8. The zero-order valence-electron chi connectivity index (χ0n) is 19.6. The first-order chi connectivity index (χ1) is 16.9. The molecule has 1 saturated carbocycles. The van der Waals surface area contributed by atoms with E-state index in [0.29, 0.717) is 34.0 Å². The fourth-order valence-corrected chi connectivity index (χ4v) is 3.58. The number of alkyl halides is 5. The van der Waals surface area contributed by atoms with Crippen molar-refractivity contribution >= 4 is 22.5 Å². The first-order valence-corrected chi connectivity index (χ1v) is 11.0. The number of benzene rings is 1. The summed E-state index contributed by atoms with van der Waals surface area (Å²) in [5.41, 5.74) is 5.26. The molecule has 0 bridgehead atoms. The van der Waals surface area contributed by atoms with Crippen molar-refractivity contribution in [2.45, 2.75) is 44.5 Å². The van der Waals surface area contributed by atoms with Crippen molar-refractivity contribution < 1.29 is 36.2 Å². The fraction of sp³-hybridized carbons (Fsp3) is 0.435. The molecule has 8 nitrogen and oxygen atoms in total. The van der Waals surface area contributed by atoms with Crippen molar-refractivity contribution in [3.63, 3.8) is 0 Å². The van der Waals surface area contributed by atoms with Crippen molar-refractivity contribution in [1.82, 2.24) is 15.0 Å². The van der Waals surface area contributed by atoms with Gasteiger partial charge in [0.1, 0.15) is 30.2 Å². The van der Waals surface area contributed by atoms with Gasteiger partial charge in [-0.3, -0.25) is 0 Å². The van der Waals surface area contributed by atoms with Gasteiger partial charge in [0.15, 0.2) is 11.5 Å². The van der Waals surface area contributed by atoms with Gasteiger partial charge in [-0.05, 0) is 32.0 Å². The molecule has 0 amide bonds. The van der Waals surface area contributed by atoms with Crippen LogP contribution < -0.4 is 20.5 Å². The third-order valence-electron chi connectivity index (χ3n) is 5.51. The van der Waals surface area contributed by atoms with Crippen LogP contribution in [-0.4, -0.2) is 47.3 Å². The van der Waals surface area contributed by atoms with Crippen LogP contribution in [0.25, 0.3) is 10.9 Å². The Labute approximate surface area is 203 Å². The van der Waals surface area contributed by atoms with Crippen LogP contribution in [0.2, 0.25) is 0 Å². The average molecular weight is 513 g/mol. The number of nitrogens with one attached hydrogen (secondary N) is 1. The van der Waals surface area contributed by atoms with Crippen molar-refractivity contribution in [3.8, 4) is 11.5 Å². The van der Waals surface area contributed by atoms with E-state index in [0.717, 1.165) is 12.1 Å². The first-order valence-electron chi connectivity index (χ1n) is 11.0. The summed E-state index contributed by atoms with van der Waals surface area (Å²) in [6.07, 6.45) is -5.97. The molecule has 1 aromatic carbocycles. The monoisotopic (exact) mass is 513 g/mol. The number of anilines is 2. The van der Waals surface area contributed by atoms with Crippen molar-refractivity contribution in [2.75, 3.05) is 31.4 Å². The smallest absolute Gasteiger partial charge is 0.416 e. The molecule has 1 unspecified atom stereocenters. The number of nitrogens with two attached hydrogens (primary N) is 1. The van der Waals surface area contributed by atoms with Gasteiger partial charge in [0.2, 0.25) is 0 Å². The highest BCUT2D eigenvalue weighted by molar-refractivity contribution is 5.92. The third kappa shape index (κ3) is 5.66. The maximum Gasteiger partial charge on any atom is 0.416 e. The number of aryl methyl sites for hydroxylation is 1. The van der Waals surface area contributed by atoms with Gasteiger partial charge < -0.3 is 25.3 Å². The molecule has 1 aliphatic rings. The minimum absolute atomic E-state index is 0.00619. The standard InChI is InChI=1S/C23H24F5N5O3/c1-11(15-6-13(23(26,27)28)7-20(29)33-15)30-21-14-8-18(35-4-5-36-19-10-22(19,24)25)17(34-3)9-16(14)31-12(2)32-21/h6-9,11,19H,4-5,10H2,1-3H3,(H2,29,33)(H,30,31,32)/t11-,19?/m1/s1. The topological polar surface area (TPSA) is 104 Å². The Morgan fingerprint density at radius 2 is 1.83 bits per heavy atom. The number of hydrogen-bond acceptors (Lipinski definition) is 8. The van der Waals surface area contributed by atoms with Crippen LogP contribution in [0.15, 0.2) is 24.3 Å². The predicted octanol–water partition coefficient (Wildman–Crippen LogP) is 4.92. The van der Waals surface area contributed by atoms with E-state index in [-0.39, 0.29) is 31.1 Å². The van der Waals surface area contributed by atoms with Crippen LogP contribution in [0.3, 0.4) is 0 Å². The second kappa shape index (κ2) is 9.52. The maximum atomic E-state index is 13.2. The van der Waals surface area contributed by atoms with Crippen LogP contribution in [-0.2, 0) is 10.9 Å². The van der Waals surface area contributed by atoms with Gasteiger partial charge in [0.05, 0.1) is 36.5 Å². The summed E-state index contributed by atoms with van der Waals surface area (Å²) in [5, 5.41) is 3.57. The number of methoxy groups -OCH3 is 1. The van der Waals surface area contributed by atoms with E-state index >= 15 is 0 Å². The summed E-state index contributed by atoms with van der Waals surface area (Å²) >= 11 is 0. The summed E-state index contributed by atoms with van der Waals surface area (Å²) in [4.78, 5) is 12.8. The van der Waals surface area contributed by atoms with E-state index in [1.165, 1.54) is 7.11 Å². The largest absolute Gasteiger partial charge is 0.493 e. The summed E-state index contributed by atoms with van der Waals surface area (Å²) in [6, 6.07) is 4.20. The lowest BCUT2D eigenvalue weighted by Crippen LogP contribution is -2.15. The first kappa shape index (κ1) is 25.6. The highest BCUT2D eigenvalue weighted by Crippen LogP contribution is 2.44. The second-order valence-corrected chi connectivity index (χ2v) is 8.38. The van der Waals surface area contributed by atoms with Gasteiger partial charge in [-0.25, -0.2) is 23.7 Å². The van der Waals surface area contributed by atoms with E-state index in [4.69, 9.17) is 19.9 Å². The lowest BCUT2D eigenvalue weighted by Gasteiger charge is -2.19. The van der Waals surface area contributed by atoms with Gasteiger partial charge in [-0.1, -0.05) is 0 Å². The molecular weight excluding hydrogens is 489 g/mol. The van der Waals surface area contributed by atoms with Crippen LogP contribution in [0, 0.1) is 6.92 Å². The van der Waals surface area contributed by atoms with E-state index in [2.05, 4.69) is 20.3 Å². The van der Waals surface area contributed by atoms with Crippen molar-refractivity contribution in [3.05, 3.63) is 41.3 Å². The molecule has 0 spiro atoms. The van der Waals surface area contributed by atoms with Gasteiger partial charge in [-0.2, -0.15) is 13.2 Å². The third-order valence-corrected chi connectivity index (χ3v) is 5.51. The highest BCUT2D eigenvalue weighted by atomic mass is 19.4. The molecule has 1 aliphatic carbocycles. The number of rotatable bonds is 9. The molecule has 0 aliphatic heterocycles. The fourth-order valence-electron chi connectivity index (χ4n) is 3.58. The van der Waals surface area contributed by atoms with E-state index in [9.17, 15) is 22.0 Å². The minimum atomic E-state index is -4.58. The van der Waals surface area contributed by atoms with E-state index < -0.39 is 29.8 Å². The second-order valence-electron chi connectivity index (χ2n) is 8.38. The molecule has 2 aromatic heterocycles. The Morgan fingerprint density at radius 3 is 2.47 bits per heavy atom. The maximum absolute atomic E-state index is 13.2.